The van der Waals surface area contributed by atoms with Crippen LogP contribution < -0.4 is 10.6 Å². The maximum atomic E-state index is 12.0. The summed E-state index contributed by atoms with van der Waals surface area (Å²) in [5, 5.41) is 24.5. The number of hydrogen-bond donors (Lipinski definition) is 4. The minimum absolute atomic E-state index is 0.140. The molecule has 6 rings (SSSR count). The smallest absolute Gasteiger partial charge is 0.249 e. The molecular weight excluding hydrogens is 584 g/mol. The number of aromatic amines is 2. The van der Waals surface area contributed by atoms with E-state index in [2.05, 4.69) is 61.1 Å². The van der Waals surface area contributed by atoms with Gasteiger partial charge in [0.05, 0.1) is 6.42 Å². The molecule has 0 aliphatic heterocycles. The molecule has 6 aromatic heterocycles. The van der Waals surface area contributed by atoms with Crippen molar-refractivity contribution in [3.05, 3.63) is 82.9 Å². The fraction of sp³-hybridized carbons (Fsp3) is 0.214. The van der Waals surface area contributed by atoms with Crippen LogP contribution in [0.2, 0.25) is 0 Å². The van der Waals surface area contributed by atoms with Gasteiger partial charge in [0.2, 0.25) is 29.6 Å². The van der Waals surface area contributed by atoms with Crippen LogP contribution in [0.25, 0.3) is 23.0 Å². The number of amides is 2. The van der Waals surface area contributed by atoms with Crippen molar-refractivity contribution in [3.8, 4) is 23.0 Å². The second kappa shape index (κ2) is 14.5. The van der Waals surface area contributed by atoms with Crippen LogP contribution in [0.15, 0.2) is 70.8 Å². The number of carbonyl (C=O) groups is 2. The Balaban J connectivity index is 0.000000177. The van der Waals surface area contributed by atoms with Crippen molar-refractivity contribution in [1.29, 1.82) is 0 Å². The highest BCUT2D eigenvalue weighted by Crippen LogP contribution is 2.15. The Kier molecular flexibility index (Phi) is 9.83. The fourth-order valence-electron chi connectivity index (χ4n) is 3.62. The Morgan fingerprint density at radius 3 is 2.00 bits per heavy atom. The molecule has 4 N–H and O–H groups in total. The highest BCUT2D eigenvalue weighted by atomic mass is 32.1. The summed E-state index contributed by atoms with van der Waals surface area (Å²) in [6.45, 7) is 3.95. The number of rotatable bonds is 10. The molecule has 0 aliphatic carbocycles. The number of pyridine rings is 2. The van der Waals surface area contributed by atoms with Crippen LogP contribution in [0.3, 0.4) is 0 Å². The molecule has 0 fully saturated rings. The lowest BCUT2D eigenvalue weighted by atomic mass is 10.2. The lowest BCUT2D eigenvalue weighted by Gasteiger charge is -1.98. The van der Waals surface area contributed by atoms with E-state index in [9.17, 15) is 9.59 Å². The monoisotopic (exact) mass is 612 g/mol. The third kappa shape index (κ3) is 8.45. The van der Waals surface area contributed by atoms with Crippen LogP contribution in [0.1, 0.15) is 42.8 Å². The number of nitrogens with one attached hydrogen (secondary N) is 4. The van der Waals surface area contributed by atoms with Crippen molar-refractivity contribution in [2.45, 2.75) is 39.0 Å². The summed E-state index contributed by atoms with van der Waals surface area (Å²) >= 11 is 1.54. The largest absolute Gasteiger partial charge is 0.339 e. The van der Waals surface area contributed by atoms with E-state index in [4.69, 9.17) is 4.52 Å². The Bertz CT molecular complexity index is 1770. The van der Waals surface area contributed by atoms with Gasteiger partial charge in [-0.05, 0) is 35.7 Å². The van der Waals surface area contributed by atoms with Gasteiger partial charge in [-0.15, -0.1) is 21.5 Å². The number of anilines is 2. The normalized spacial score (nSPS) is 10.7. The standard InChI is InChI=1S/C15H17N7O2.C13H11N5OS/c1-9(2)13-18-12(24-22-13)7-6-11(23)17-15-19-14(20-21-15)10-5-3-4-8-16-10;19-11(8-9-4-3-7-20-9)15-13-16-12(17-18-13)10-5-1-2-6-14-10/h3-5,8-9H,6-7H2,1-2H3,(H2,17,19,20,21,23);1-7H,8H2,(H2,15,16,17,18,19). The predicted molar refractivity (Wildman–Crippen MR) is 161 cm³/mol. The van der Waals surface area contributed by atoms with Crippen LogP contribution in [0.5, 0.6) is 0 Å². The number of aryl methyl sites for hydroxylation is 1. The van der Waals surface area contributed by atoms with Gasteiger partial charge in [-0.3, -0.25) is 40.4 Å². The van der Waals surface area contributed by atoms with Crippen LogP contribution in [0, 0.1) is 0 Å². The summed E-state index contributed by atoms with van der Waals surface area (Å²) in [6, 6.07) is 14.8. The first-order valence-corrected chi connectivity index (χ1v) is 14.4. The highest BCUT2D eigenvalue weighted by molar-refractivity contribution is 7.10. The molecule has 6 aromatic rings. The number of carbonyl (C=O) groups excluding carboxylic acids is 2. The Morgan fingerprint density at radius 2 is 1.48 bits per heavy atom. The molecule has 44 heavy (non-hydrogen) atoms. The van der Waals surface area contributed by atoms with Crippen LogP contribution in [-0.2, 0) is 22.4 Å². The van der Waals surface area contributed by atoms with Crippen molar-refractivity contribution in [2.24, 2.45) is 0 Å². The van der Waals surface area contributed by atoms with Crippen molar-refractivity contribution in [3.63, 3.8) is 0 Å². The van der Waals surface area contributed by atoms with Crippen molar-refractivity contribution < 1.29 is 14.1 Å². The summed E-state index contributed by atoms with van der Waals surface area (Å²) < 4.78 is 5.10. The van der Waals surface area contributed by atoms with Gasteiger partial charge in [0.15, 0.2) is 17.5 Å². The molecule has 0 spiro atoms. The molecule has 15 nitrogen and oxygen atoms in total. The van der Waals surface area contributed by atoms with Gasteiger partial charge in [-0.2, -0.15) is 15.0 Å². The maximum absolute atomic E-state index is 12.0. The zero-order valence-corrected chi connectivity index (χ0v) is 24.6. The van der Waals surface area contributed by atoms with Gasteiger partial charge in [-0.25, -0.2) is 0 Å². The molecule has 224 valence electrons. The van der Waals surface area contributed by atoms with E-state index in [1.807, 2.05) is 61.7 Å². The van der Waals surface area contributed by atoms with Crippen LogP contribution in [-0.4, -0.2) is 62.3 Å². The average molecular weight is 613 g/mol. The number of H-pyrrole nitrogens is 2. The lowest BCUT2D eigenvalue weighted by molar-refractivity contribution is -0.116. The van der Waals surface area contributed by atoms with E-state index in [0.29, 0.717) is 47.6 Å². The SMILES string of the molecule is CC(C)c1noc(CCC(=O)Nc2n[nH]c(-c3ccccn3)n2)n1.O=C(Cc1cccs1)Nc1n[nH]c(-c2ccccn2)n1. The van der Waals surface area contributed by atoms with Gasteiger partial charge < -0.3 is 4.52 Å². The molecule has 0 atom stereocenters. The third-order valence-corrected chi connectivity index (χ3v) is 6.65. The van der Waals surface area contributed by atoms with Crippen molar-refractivity contribution in [2.75, 3.05) is 10.6 Å². The van der Waals surface area contributed by atoms with E-state index < -0.39 is 0 Å². The summed E-state index contributed by atoms with van der Waals surface area (Å²) in [4.78, 5) is 45.7. The first-order valence-electron chi connectivity index (χ1n) is 13.5. The average Bonchev–Trinajstić information content (AvgIpc) is 3.86. The number of nitrogens with zero attached hydrogens (tertiary/aromatic N) is 8. The minimum Gasteiger partial charge on any atom is -0.339 e. The van der Waals surface area contributed by atoms with E-state index in [0.717, 1.165) is 4.88 Å². The van der Waals surface area contributed by atoms with Crippen molar-refractivity contribution >= 4 is 35.0 Å². The maximum Gasteiger partial charge on any atom is 0.249 e. The van der Waals surface area contributed by atoms with E-state index in [1.165, 1.54) is 0 Å². The summed E-state index contributed by atoms with van der Waals surface area (Å²) in [7, 11) is 0. The third-order valence-electron chi connectivity index (χ3n) is 5.77. The molecule has 2 amide bonds. The Hall–Kier alpha value is -5.64. The molecule has 0 saturated heterocycles. The number of hydrogen-bond acceptors (Lipinski definition) is 12. The Labute approximate surface area is 255 Å². The fourth-order valence-corrected chi connectivity index (χ4v) is 4.33. The second-order valence-electron chi connectivity index (χ2n) is 9.50. The quantitative estimate of drug-likeness (QED) is 0.173. The van der Waals surface area contributed by atoms with Gasteiger partial charge in [0, 0.05) is 36.0 Å². The van der Waals surface area contributed by atoms with Gasteiger partial charge in [-0.1, -0.05) is 37.2 Å². The zero-order chi connectivity index (χ0) is 30.7. The second-order valence-corrected chi connectivity index (χ2v) is 10.5. The van der Waals surface area contributed by atoms with Gasteiger partial charge in [0.25, 0.3) is 0 Å². The molecule has 16 heteroatoms. The highest BCUT2D eigenvalue weighted by Gasteiger charge is 2.14. The summed E-state index contributed by atoms with van der Waals surface area (Å²) in [6.07, 6.45) is 4.22. The molecule has 0 unspecified atom stereocenters. The van der Waals surface area contributed by atoms with E-state index >= 15 is 0 Å². The summed E-state index contributed by atoms with van der Waals surface area (Å²) in [5.41, 5.74) is 1.33. The molecule has 0 aliphatic rings. The van der Waals surface area contributed by atoms with Crippen LogP contribution in [0.4, 0.5) is 11.9 Å². The van der Waals surface area contributed by atoms with Gasteiger partial charge >= 0.3 is 0 Å². The number of thiophene rings is 1. The lowest BCUT2D eigenvalue weighted by Crippen LogP contribution is -2.14. The summed E-state index contributed by atoms with van der Waals surface area (Å²) in [5.74, 6) is 2.37. The van der Waals surface area contributed by atoms with Gasteiger partial charge in [0.1, 0.15) is 11.4 Å². The number of aromatic nitrogens is 10. The predicted octanol–water partition coefficient (Wildman–Crippen LogP) is 4.05. The molecular formula is C28H28N12O3S. The molecule has 0 bridgehead atoms. The first-order chi connectivity index (χ1) is 21.4. The topological polar surface area (TPSA) is 206 Å². The molecule has 0 aromatic carbocycles. The van der Waals surface area contributed by atoms with Crippen molar-refractivity contribution in [1.82, 2.24) is 50.5 Å². The molecule has 0 saturated carbocycles. The van der Waals surface area contributed by atoms with Crippen LogP contribution >= 0.6 is 11.3 Å². The minimum atomic E-state index is -0.231. The molecule has 6 heterocycles. The Morgan fingerprint density at radius 1 is 0.841 bits per heavy atom. The van der Waals surface area contributed by atoms with E-state index in [-0.39, 0.29) is 36.0 Å². The first kappa shape index (κ1) is 29.8. The van der Waals surface area contributed by atoms with E-state index in [1.54, 1.807) is 29.8 Å². The zero-order valence-electron chi connectivity index (χ0n) is 23.8. The molecule has 0 radical (unpaired) electrons.